The first-order valence-electron chi connectivity index (χ1n) is 2.70. The molecule has 0 bridgehead atoms. The van der Waals surface area contributed by atoms with Crippen LogP contribution in [0.15, 0.2) is 0 Å². The van der Waals surface area contributed by atoms with Crippen molar-refractivity contribution in [2.24, 2.45) is 0 Å². The van der Waals surface area contributed by atoms with Gasteiger partial charge < -0.3 is 4.74 Å². The van der Waals surface area contributed by atoms with Gasteiger partial charge in [0.1, 0.15) is 3.53 Å². The van der Waals surface area contributed by atoms with Crippen LogP contribution in [0.5, 0.6) is 0 Å². The fourth-order valence-corrected chi connectivity index (χ4v) is 1.23. The summed E-state index contributed by atoms with van der Waals surface area (Å²) in [5.41, 5.74) is 0. The van der Waals surface area contributed by atoms with Gasteiger partial charge >= 0.3 is 0 Å². The van der Waals surface area contributed by atoms with Crippen LogP contribution >= 0.6 is 36.6 Å². The van der Waals surface area contributed by atoms with E-state index in [0.29, 0.717) is 3.53 Å². The Morgan fingerprint density at radius 2 is 2.44 bits per heavy atom. The highest BCUT2D eigenvalue weighted by Crippen LogP contribution is 2.06. The molecule has 0 amide bonds. The lowest BCUT2D eigenvalue weighted by Crippen LogP contribution is -1.96. The molecule has 0 fully saturated rings. The summed E-state index contributed by atoms with van der Waals surface area (Å²) in [5, 5.41) is 0. The summed E-state index contributed by atoms with van der Waals surface area (Å²) in [6, 6.07) is 0. The van der Waals surface area contributed by atoms with Gasteiger partial charge in [-0.25, -0.2) is 0 Å². The minimum absolute atomic E-state index is 0.690. The fraction of sp³-hybridized carbons (Fsp3) is 0.800. The van der Waals surface area contributed by atoms with Crippen molar-refractivity contribution in [1.29, 1.82) is 0 Å². The second-order valence-electron chi connectivity index (χ2n) is 1.31. The van der Waals surface area contributed by atoms with E-state index >= 15 is 0 Å². The molecule has 0 saturated carbocycles. The molecular formula is C5H10OS3. The zero-order valence-corrected chi connectivity index (χ0v) is 7.82. The van der Waals surface area contributed by atoms with E-state index in [-0.39, 0.29) is 0 Å². The molecule has 0 aromatic heterocycles. The maximum Gasteiger partial charge on any atom is 0.101 e. The quantitative estimate of drug-likeness (QED) is 0.405. The van der Waals surface area contributed by atoms with Crippen LogP contribution in [0.25, 0.3) is 0 Å². The molecular weight excluding hydrogens is 172 g/mol. The zero-order chi connectivity index (χ0) is 7.11. The molecule has 0 atom stereocenters. The third-order valence-corrected chi connectivity index (χ3v) is 2.02. The zero-order valence-electron chi connectivity index (χ0n) is 5.29. The van der Waals surface area contributed by atoms with Gasteiger partial charge in [-0.05, 0) is 6.92 Å². The van der Waals surface area contributed by atoms with E-state index in [4.69, 9.17) is 17.0 Å². The van der Waals surface area contributed by atoms with Crippen LogP contribution in [0, 0.1) is 0 Å². The number of hydrogen-bond acceptors (Lipinski definition) is 3. The van der Waals surface area contributed by atoms with E-state index in [1.807, 2.05) is 6.92 Å². The van der Waals surface area contributed by atoms with Crippen molar-refractivity contribution in [3.8, 4) is 0 Å². The summed E-state index contributed by atoms with van der Waals surface area (Å²) in [4.78, 5) is 0. The van der Waals surface area contributed by atoms with Gasteiger partial charge in [-0.1, -0.05) is 12.2 Å². The molecule has 0 aliphatic heterocycles. The van der Waals surface area contributed by atoms with Crippen molar-refractivity contribution in [2.45, 2.75) is 6.92 Å². The first-order valence-corrected chi connectivity index (χ1v) is 4.55. The van der Waals surface area contributed by atoms with E-state index in [1.165, 1.54) is 0 Å². The highest BCUT2D eigenvalue weighted by molar-refractivity contribution is 8.41. The lowest BCUT2D eigenvalue weighted by atomic mass is 10.8. The molecule has 0 aliphatic rings. The Bertz CT molecular complexity index is 84.3. The number of ether oxygens (including phenoxy) is 1. The van der Waals surface area contributed by atoms with Crippen molar-refractivity contribution in [2.75, 3.05) is 19.0 Å². The Hall–Kier alpha value is 0.750. The van der Waals surface area contributed by atoms with Crippen LogP contribution in [-0.2, 0) is 4.74 Å². The van der Waals surface area contributed by atoms with Crippen LogP contribution in [0.3, 0.4) is 0 Å². The number of thiol groups is 1. The first kappa shape index (κ1) is 9.75. The van der Waals surface area contributed by atoms with Crippen LogP contribution in [-0.4, -0.2) is 22.5 Å². The van der Waals surface area contributed by atoms with Crippen molar-refractivity contribution in [3.63, 3.8) is 0 Å². The van der Waals surface area contributed by atoms with Crippen molar-refractivity contribution in [1.82, 2.24) is 0 Å². The molecule has 0 radical (unpaired) electrons. The number of hydrogen-bond donors (Lipinski definition) is 1. The normalized spacial score (nSPS) is 9.56. The average molecular weight is 182 g/mol. The van der Waals surface area contributed by atoms with Gasteiger partial charge in [-0.3, -0.25) is 0 Å². The predicted octanol–water partition coefficient (Wildman–Crippen LogP) is 1.97. The summed E-state index contributed by atoms with van der Waals surface area (Å²) in [6.45, 7) is 3.52. The predicted molar refractivity (Wildman–Crippen MR) is 50.5 cm³/mol. The lowest BCUT2D eigenvalue weighted by molar-refractivity contribution is 0.164. The van der Waals surface area contributed by atoms with Crippen LogP contribution in [0.1, 0.15) is 6.92 Å². The Kier molecular flexibility index (Phi) is 7.44. The Morgan fingerprint density at radius 3 is 2.89 bits per heavy atom. The standard InChI is InChI=1S/C5H10OS3/c1-2-6-3-4-9-5(7)8/h2-4H2,1H3,(H,7,8). The van der Waals surface area contributed by atoms with Crippen LogP contribution in [0.4, 0.5) is 0 Å². The molecule has 0 aliphatic carbocycles. The molecule has 0 spiro atoms. The molecule has 0 unspecified atom stereocenters. The van der Waals surface area contributed by atoms with Crippen molar-refractivity contribution in [3.05, 3.63) is 0 Å². The molecule has 0 rings (SSSR count). The number of thiocarbonyl (C=S) groups is 1. The molecule has 54 valence electrons. The number of thioether (sulfide) groups is 1. The monoisotopic (exact) mass is 182 g/mol. The smallest absolute Gasteiger partial charge is 0.101 e. The van der Waals surface area contributed by atoms with E-state index in [9.17, 15) is 0 Å². The highest BCUT2D eigenvalue weighted by atomic mass is 32.2. The summed E-state index contributed by atoms with van der Waals surface area (Å²) in [5.74, 6) is 0.913. The minimum atomic E-state index is 0.690. The summed E-state index contributed by atoms with van der Waals surface area (Å²) in [7, 11) is 0. The first-order chi connectivity index (χ1) is 4.27. The van der Waals surface area contributed by atoms with Gasteiger partial charge in [0, 0.05) is 12.4 Å². The van der Waals surface area contributed by atoms with Crippen molar-refractivity contribution >= 4 is 40.1 Å². The SMILES string of the molecule is CCOCCSC(=S)S. The van der Waals surface area contributed by atoms with E-state index in [0.717, 1.165) is 19.0 Å². The topological polar surface area (TPSA) is 9.23 Å². The molecule has 4 heteroatoms. The lowest BCUT2D eigenvalue weighted by Gasteiger charge is -1.97. The fourth-order valence-electron chi connectivity index (χ4n) is 0.332. The highest BCUT2D eigenvalue weighted by Gasteiger charge is 1.88. The van der Waals surface area contributed by atoms with Crippen molar-refractivity contribution < 1.29 is 4.74 Å². The van der Waals surface area contributed by atoms with Gasteiger partial charge in [0.2, 0.25) is 0 Å². The van der Waals surface area contributed by atoms with Gasteiger partial charge in [0.25, 0.3) is 0 Å². The van der Waals surface area contributed by atoms with Gasteiger partial charge in [0.05, 0.1) is 6.61 Å². The maximum absolute atomic E-state index is 5.07. The summed E-state index contributed by atoms with van der Waals surface area (Å²) < 4.78 is 5.76. The molecule has 0 heterocycles. The third-order valence-electron chi connectivity index (χ3n) is 0.657. The van der Waals surface area contributed by atoms with Gasteiger partial charge in [-0.2, -0.15) is 0 Å². The van der Waals surface area contributed by atoms with Crippen LogP contribution in [0.2, 0.25) is 0 Å². The summed E-state index contributed by atoms with van der Waals surface area (Å²) >= 11 is 10.2. The Morgan fingerprint density at radius 1 is 1.78 bits per heavy atom. The van der Waals surface area contributed by atoms with Gasteiger partial charge in [-0.15, -0.1) is 24.4 Å². The minimum Gasteiger partial charge on any atom is -0.381 e. The van der Waals surface area contributed by atoms with E-state index in [1.54, 1.807) is 11.8 Å². The number of rotatable bonds is 4. The van der Waals surface area contributed by atoms with Gasteiger partial charge in [0.15, 0.2) is 0 Å². The molecule has 0 N–H and O–H groups in total. The molecule has 0 aromatic carbocycles. The summed E-state index contributed by atoms with van der Waals surface area (Å²) in [6.07, 6.45) is 0. The van der Waals surface area contributed by atoms with E-state index < -0.39 is 0 Å². The second kappa shape index (κ2) is 6.86. The third kappa shape index (κ3) is 8.75. The maximum atomic E-state index is 5.07. The molecule has 0 saturated heterocycles. The molecule has 0 aromatic rings. The second-order valence-corrected chi connectivity index (χ2v) is 4.14. The molecule has 9 heavy (non-hydrogen) atoms. The molecule has 1 nitrogen and oxygen atoms in total. The van der Waals surface area contributed by atoms with E-state index in [2.05, 4.69) is 12.6 Å². The Labute approximate surface area is 70.9 Å². The Balaban J connectivity index is 2.83. The van der Waals surface area contributed by atoms with Crippen LogP contribution < -0.4 is 0 Å². The largest absolute Gasteiger partial charge is 0.381 e. The average Bonchev–Trinajstić information content (AvgIpc) is 1.80.